The number of anilines is 3. The maximum Gasteiger partial charge on any atom is 0.124 e. The van der Waals surface area contributed by atoms with Crippen LogP contribution in [0.2, 0.25) is 0 Å². The van der Waals surface area contributed by atoms with Gasteiger partial charge in [-0.3, -0.25) is 0 Å². The first-order chi connectivity index (χ1) is 25.0. The fraction of sp³-hybridized carbons (Fsp3) is 0.0625. The van der Waals surface area contributed by atoms with E-state index < -0.39 is 0 Å². The molecule has 2 nitrogen and oxygen atoms in total. The Balaban J connectivity index is 1.08. The van der Waals surface area contributed by atoms with E-state index in [1.54, 1.807) is 11.3 Å². The summed E-state index contributed by atoms with van der Waals surface area (Å²) in [5.41, 5.74) is 13.4. The van der Waals surface area contributed by atoms with Crippen molar-refractivity contribution in [1.29, 1.82) is 0 Å². The summed E-state index contributed by atoms with van der Waals surface area (Å²) < 4.78 is 1.26. The molecule has 51 heavy (non-hydrogen) atoms. The van der Waals surface area contributed by atoms with Crippen molar-refractivity contribution >= 4 is 60.2 Å². The summed E-state index contributed by atoms with van der Waals surface area (Å²) >= 11 is 1.80. The van der Waals surface area contributed by atoms with Crippen molar-refractivity contribution in [2.24, 2.45) is 0 Å². The second kappa shape index (κ2) is 11.5. The Morgan fingerprint density at radius 3 is 1.86 bits per heavy atom. The van der Waals surface area contributed by atoms with E-state index in [4.69, 9.17) is 4.98 Å². The van der Waals surface area contributed by atoms with Crippen molar-refractivity contribution in [2.45, 2.75) is 19.3 Å². The lowest BCUT2D eigenvalue weighted by Gasteiger charge is -2.26. The summed E-state index contributed by atoms with van der Waals surface area (Å²) in [6, 6.07) is 61.6. The van der Waals surface area contributed by atoms with Crippen molar-refractivity contribution in [1.82, 2.24) is 4.98 Å². The van der Waals surface area contributed by atoms with E-state index in [0.29, 0.717) is 0 Å². The van der Waals surface area contributed by atoms with Crippen LogP contribution in [-0.4, -0.2) is 4.98 Å². The second-order valence-electron chi connectivity index (χ2n) is 14.0. The number of thiazole rings is 1. The topological polar surface area (TPSA) is 16.1 Å². The molecule has 0 fully saturated rings. The van der Waals surface area contributed by atoms with Crippen LogP contribution in [0.4, 0.5) is 17.1 Å². The highest BCUT2D eigenvalue weighted by Crippen LogP contribution is 2.53. The van der Waals surface area contributed by atoms with Gasteiger partial charge in [-0.25, -0.2) is 4.98 Å². The average molecular weight is 671 g/mol. The van der Waals surface area contributed by atoms with Gasteiger partial charge in [0.2, 0.25) is 0 Å². The first-order valence-electron chi connectivity index (χ1n) is 17.5. The van der Waals surface area contributed by atoms with E-state index >= 15 is 0 Å². The molecule has 1 aliphatic rings. The van der Waals surface area contributed by atoms with Crippen LogP contribution in [0.25, 0.3) is 64.6 Å². The van der Waals surface area contributed by atoms with Crippen molar-refractivity contribution in [3.05, 3.63) is 181 Å². The molecule has 3 heteroatoms. The Labute approximate surface area is 301 Å². The largest absolute Gasteiger partial charge is 0.310 e. The maximum absolute atomic E-state index is 5.04. The van der Waals surface area contributed by atoms with E-state index in [1.165, 1.54) is 65.2 Å². The number of nitrogens with zero attached hydrogens (tertiary/aromatic N) is 2. The third kappa shape index (κ3) is 4.80. The fourth-order valence-corrected chi connectivity index (χ4v) is 9.25. The number of rotatable bonds is 5. The molecule has 0 N–H and O–H groups in total. The minimum atomic E-state index is -0.165. The number of para-hydroxylation sites is 1. The van der Waals surface area contributed by atoms with Crippen LogP contribution in [0.15, 0.2) is 170 Å². The van der Waals surface area contributed by atoms with Gasteiger partial charge >= 0.3 is 0 Å². The van der Waals surface area contributed by atoms with Crippen LogP contribution in [0.1, 0.15) is 25.0 Å². The van der Waals surface area contributed by atoms with Gasteiger partial charge in [-0.05, 0) is 104 Å². The van der Waals surface area contributed by atoms with E-state index in [9.17, 15) is 0 Å². The number of aromatic nitrogens is 1. The molecule has 1 heterocycles. The molecule has 1 aliphatic carbocycles. The summed E-state index contributed by atoms with van der Waals surface area (Å²) in [7, 11) is 0. The monoisotopic (exact) mass is 670 g/mol. The van der Waals surface area contributed by atoms with Gasteiger partial charge in [-0.1, -0.05) is 129 Å². The van der Waals surface area contributed by atoms with Crippen LogP contribution >= 0.6 is 11.3 Å². The molecule has 0 bridgehead atoms. The summed E-state index contributed by atoms with van der Waals surface area (Å²) in [4.78, 5) is 7.40. The van der Waals surface area contributed by atoms with Gasteiger partial charge in [-0.2, -0.15) is 0 Å². The summed E-state index contributed by atoms with van der Waals surface area (Å²) in [5.74, 6) is 0. The van der Waals surface area contributed by atoms with Crippen molar-refractivity contribution in [3.8, 4) is 32.8 Å². The summed E-state index contributed by atoms with van der Waals surface area (Å²) in [5, 5.41) is 6.17. The lowest BCUT2D eigenvalue weighted by atomic mass is 9.80. The summed E-state index contributed by atoms with van der Waals surface area (Å²) in [6.45, 7) is 4.78. The van der Waals surface area contributed by atoms with Crippen molar-refractivity contribution in [3.63, 3.8) is 0 Å². The molecular weight excluding hydrogens is 637 g/mol. The van der Waals surface area contributed by atoms with E-state index in [1.807, 2.05) is 0 Å². The Kier molecular flexibility index (Phi) is 6.74. The highest BCUT2D eigenvalue weighted by Gasteiger charge is 2.37. The lowest BCUT2D eigenvalue weighted by molar-refractivity contribution is 0.667. The smallest absolute Gasteiger partial charge is 0.124 e. The minimum absolute atomic E-state index is 0.165. The fourth-order valence-electron chi connectivity index (χ4n) is 8.15. The normalized spacial score (nSPS) is 13.1. The quantitative estimate of drug-likeness (QED) is 0.181. The summed E-state index contributed by atoms with van der Waals surface area (Å²) in [6.07, 6.45) is 0. The van der Waals surface area contributed by atoms with Crippen LogP contribution in [0.5, 0.6) is 0 Å². The molecule has 10 rings (SSSR count). The van der Waals surface area contributed by atoms with Gasteiger partial charge in [0.1, 0.15) is 5.01 Å². The Morgan fingerprint density at radius 1 is 0.490 bits per heavy atom. The molecule has 0 radical (unpaired) electrons. The molecule has 0 unspecified atom stereocenters. The number of benzene rings is 8. The third-order valence-electron chi connectivity index (χ3n) is 10.6. The number of fused-ring (bicyclic) bond motifs is 8. The predicted molar refractivity (Wildman–Crippen MR) is 218 cm³/mol. The standard InChI is InChI=1S/C48H34N2S/c1-48(2)43-30-35-28-38(50(36-16-10-5-11-17-36)37-21-18-32(19-22-37)31-12-6-3-7-13-31)23-20-34(35)29-42(43)40-24-25-41-39(45(40)48)26-27-44-46(41)51-47(49-44)33-14-8-4-9-15-33/h3-30H,1-2H3. The maximum atomic E-state index is 5.04. The average Bonchev–Trinajstić information content (AvgIpc) is 3.72. The minimum Gasteiger partial charge on any atom is -0.310 e. The molecule has 0 saturated carbocycles. The highest BCUT2D eigenvalue weighted by molar-refractivity contribution is 7.22. The van der Waals surface area contributed by atoms with Gasteiger partial charge < -0.3 is 4.90 Å². The van der Waals surface area contributed by atoms with Crippen LogP contribution < -0.4 is 4.90 Å². The zero-order chi connectivity index (χ0) is 34.1. The zero-order valence-corrected chi connectivity index (χ0v) is 29.3. The van der Waals surface area contributed by atoms with Crippen molar-refractivity contribution in [2.75, 3.05) is 4.90 Å². The predicted octanol–water partition coefficient (Wildman–Crippen LogP) is 13.7. The number of hydrogen-bond donors (Lipinski definition) is 0. The SMILES string of the molecule is CC1(C)c2cc3cc(N(c4ccccc4)c4ccc(-c5ccccc5)cc4)ccc3cc2-c2ccc3c(ccc4nc(-c5ccccc5)sc43)c21. The van der Waals surface area contributed by atoms with Crippen LogP contribution in [0, 0.1) is 0 Å². The van der Waals surface area contributed by atoms with Crippen LogP contribution in [-0.2, 0) is 5.41 Å². The Hall–Kier alpha value is -6.03. The van der Waals surface area contributed by atoms with E-state index in [0.717, 1.165) is 27.6 Å². The molecule has 0 spiro atoms. The molecule has 0 saturated heterocycles. The van der Waals surface area contributed by atoms with Crippen molar-refractivity contribution < 1.29 is 0 Å². The van der Waals surface area contributed by atoms with E-state index in [2.05, 4.69) is 189 Å². The molecule has 0 aliphatic heterocycles. The molecule has 242 valence electrons. The first kappa shape index (κ1) is 29.8. The molecule has 0 amide bonds. The molecule has 1 aromatic heterocycles. The molecule has 9 aromatic rings. The zero-order valence-electron chi connectivity index (χ0n) is 28.5. The van der Waals surface area contributed by atoms with Gasteiger partial charge in [0.05, 0.1) is 10.2 Å². The third-order valence-corrected chi connectivity index (χ3v) is 11.8. The lowest BCUT2D eigenvalue weighted by Crippen LogP contribution is -2.15. The van der Waals surface area contributed by atoms with Gasteiger partial charge in [0, 0.05) is 33.4 Å². The highest BCUT2D eigenvalue weighted by atomic mass is 32.1. The van der Waals surface area contributed by atoms with Gasteiger partial charge in [0.15, 0.2) is 0 Å². The molecule has 0 atom stereocenters. The Bertz CT molecular complexity index is 2750. The number of hydrogen-bond acceptors (Lipinski definition) is 3. The van der Waals surface area contributed by atoms with E-state index in [-0.39, 0.29) is 5.41 Å². The van der Waals surface area contributed by atoms with Crippen LogP contribution in [0.3, 0.4) is 0 Å². The van der Waals surface area contributed by atoms with Gasteiger partial charge in [-0.15, -0.1) is 11.3 Å². The Morgan fingerprint density at radius 2 is 1.12 bits per heavy atom. The molecular formula is C48H34N2S. The van der Waals surface area contributed by atoms with Gasteiger partial charge in [0.25, 0.3) is 0 Å². The first-order valence-corrected chi connectivity index (χ1v) is 18.4. The second-order valence-corrected chi connectivity index (χ2v) is 15.0. The molecule has 8 aromatic carbocycles.